The molecular formula is C13H18BrN3O3S. The van der Waals surface area contributed by atoms with Crippen LogP contribution in [0.15, 0.2) is 27.6 Å². The lowest BCUT2D eigenvalue weighted by Gasteiger charge is -2.30. The number of anilines is 1. The number of amides is 1. The lowest BCUT2D eigenvalue weighted by atomic mass is 9.94. The molecule has 1 aliphatic rings. The van der Waals surface area contributed by atoms with E-state index in [0.29, 0.717) is 42.5 Å². The number of sulfonamides is 1. The zero-order valence-electron chi connectivity index (χ0n) is 11.5. The van der Waals surface area contributed by atoms with E-state index in [4.69, 9.17) is 11.5 Å². The fourth-order valence-electron chi connectivity index (χ4n) is 2.46. The van der Waals surface area contributed by atoms with Gasteiger partial charge in [-0.2, -0.15) is 4.31 Å². The second-order valence-electron chi connectivity index (χ2n) is 5.20. The summed E-state index contributed by atoms with van der Waals surface area (Å²) in [5, 5.41) is 0. The third-order valence-electron chi connectivity index (χ3n) is 3.67. The number of piperidine rings is 1. The molecule has 116 valence electrons. The first-order valence-corrected chi connectivity index (χ1v) is 8.87. The van der Waals surface area contributed by atoms with E-state index in [0.717, 1.165) is 0 Å². The summed E-state index contributed by atoms with van der Waals surface area (Å²) in [4.78, 5) is 11.1. The molecule has 1 aromatic carbocycles. The lowest BCUT2D eigenvalue weighted by Crippen LogP contribution is -2.39. The number of carbonyl (C=O) groups excluding carboxylic acids is 1. The van der Waals surface area contributed by atoms with Crippen LogP contribution >= 0.6 is 15.9 Å². The summed E-state index contributed by atoms with van der Waals surface area (Å²) >= 11 is 3.24. The van der Waals surface area contributed by atoms with Gasteiger partial charge in [-0.3, -0.25) is 4.79 Å². The molecule has 0 atom stereocenters. The maximum absolute atomic E-state index is 12.6. The fraction of sp³-hybridized carbons (Fsp3) is 0.462. The highest BCUT2D eigenvalue weighted by Gasteiger charge is 2.30. The van der Waals surface area contributed by atoms with Gasteiger partial charge in [-0.25, -0.2) is 8.42 Å². The van der Waals surface area contributed by atoms with E-state index in [1.807, 2.05) is 0 Å². The van der Waals surface area contributed by atoms with Gasteiger partial charge < -0.3 is 11.5 Å². The van der Waals surface area contributed by atoms with Crippen LogP contribution in [0.3, 0.4) is 0 Å². The molecule has 1 heterocycles. The van der Waals surface area contributed by atoms with Gasteiger partial charge in [0.1, 0.15) is 0 Å². The molecule has 0 aromatic heterocycles. The minimum absolute atomic E-state index is 0.173. The average molecular weight is 376 g/mol. The molecule has 6 nitrogen and oxygen atoms in total. The summed E-state index contributed by atoms with van der Waals surface area (Å²) in [5.74, 6) is -0.161. The number of nitrogens with two attached hydrogens (primary N) is 2. The van der Waals surface area contributed by atoms with E-state index >= 15 is 0 Å². The van der Waals surface area contributed by atoms with Gasteiger partial charge in [0.15, 0.2) is 0 Å². The van der Waals surface area contributed by atoms with Gasteiger partial charge in [0.2, 0.25) is 15.9 Å². The van der Waals surface area contributed by atoms with Crippen molar-refractivity contribution in [3.63, 3.8) is 0 Å². The third-order valence-corrected chi connectivity index (χ3v) is 6.25. The Kier molecular flexibility index (Phi) is 4.90. The van der Waals surface area contributed by atoms with Gasteiger partial charge in [-0.1, -0.05) is 0 Å². The Hall–Kier alpha value is -1.12. The predicted octanol–water partition coefficient (Wildman–Crippen LogP) is 1.31. The van der Waals surface area contributed by atoms with Crippen molar-refractivity contribution in [2.45, 2.75) is 24.2 Å². The Labute approximate surface area is 132 Å². The van der Waals surface area contributed by atoms with Crippen molar-refractivity contribution in [2.24, 2.45) is 11.7 Å². The summed E-state index contributed by atoms with van der Waals surface area (Å²) < 4.78 is 27.1. The fourth-order valence-corrected chi connectivity index (χ4v) is 4.48. The minimum Gasteiger partial charge on any atom is -0.398 e. The average Bonchev–Trinajstić information content (AvgIpc) is 2.41. The van der Waals surface area contributed by atoms with Crippen molar-refractivity contribution in [3.05, 3.63) is 22.7 Å². The molecule has 1 aliphatic heterocycles. The molecular weight excluding hydrogens is 358 g/mol. The van der Waals surface area contributed by atoms with Crippen LogP contribution in [0, 0.1) is 5.92 Å². The number of carbonyl (C=O) groups is 1. The number of hydrogen-bond acceptors (Lipinski definition) is 4. The number of halogens is 1. The molecule has 0 bridgehead atoms. The smallest absolute Gasteiger partial charge is 0.243 e. The molecule has 4 N–H and O–H groups in total. The maximum Gasteiger partial charge on any atom is 0.243 e. The van der Waals surface area contributed by atoms with Crippen LogP contribution in [-0.2, 0) is 14.8 Å². The molecule has 8 heteroatoms. The van der Waals surface area contributed by atoms with Crippen molar-refractivity contribution < 1.29 is 13.2 Å². The highest BCUT2D eigenvalue weighted by Crippen LogP contribution is 2.28. The highest BCUT2D eigenvalue weighted by molar-refractivity contribution is 9.10. The molecule has 1 aromatic rings. The van der Waals surface area contributed by atoms with Crippen LogP contribution in [0.2, 0.25) is 0 Å². The highest BCUT2D eigenvalue weighted by atomic mass is 79.9. The van der Waals surface area contributed by atoms with E-state index in [2.05, 4.69) is 15.9 Å². The summed E-state index contributed by atoms with van der Waals surface area (Å²) in [5.41, 5.74) is 11.3. The Morgan fingerprint density at radius 2 is 1.95 bits per heavy atom. The lowest BCUT2D eigenvalue weighted by molar-refractivity contribution is -0.119. The molecule has 1 saturated heterocycles. The number of nitrogens with zero attached hydrogens (tertiary/aromatic N) is 1. The van der Waals surface area contributed by atoms with Crippen LogP contribution in [0.1, 0.15) is 19.3 Å². The second-order valence-corrected chi connectivity index (χ2v) is 7.99. The van der Waals surface area contributed by atoms with Gasteiger partial charge >= 0.3 is 0 Å². The van der Waals surface area contributed by atoms with Gasteiger partial charge in [0, 0.05) is 29.7 Å². The van der Waals surface area contributed by atoms with E-state index in [-0.39, 0.29) is 16.7 Å². The first kappa shape index (κ1) is 16.3. The zero-order valence-corrected chi connectivity index (χ0v) is 13.9. The van der Waals surface area contributed by atoms with Crippen LogP contribution in [-0.4, -0.2) is 31.7 Å². The Bertz CT molecular complexity index is 640. The van der Waals surface area contributed by atoms with E-state index in [1.165, 1.54) is 16.4 Å². The Morgan fingerprint density at radius 1 is 1.33 bits per heavy atom. The van der Waals surface area contributed by atoms with Gasteiger partial charge in [0.05, 0.1) is 4.90 Å². The van der Waals surface area contributed by atoms with Gasteiger partial charge in [0.25, 0.3) is 0 Å². The molecule has 1 amide bonds. The summed E-state index contributed by atoms with van der Waals surface area (Å²) in [6.45, 7) is 0.810. The largest absolute Gasteiger partial charge is 0.398 e. The molecule has 0 saturated carbocycles. The summed E-state index contributed by atoms with van der Waals surface area (Å²) in [6.07, 6.45) is 1.62. The second kappa shape index (κ2) is 6.33. The molecule has 21 heavy (non-hydrogen) atoms. The van der Waals surface area contributed by atoms with Gasteiger partial charge in [-0.05, 0) is 52.9 Å². The topological polar surface area (TPSA) is 106 Å². The standard InChI is InChI=1S/C13H18BrN3O3S/c14-11-8-10(1-2-12(11)15)21(19,20)17-5-3-9(4-6-17)7-13(16)18/h1-2,8-9H,3-7,15H2,(H2,16,18). The van der Waals surface area contributed by atoms with Crippen LogP contribution in [0.5, 0.6) is 0 Å². The van der Waals surface area contributed by atoms with E-state index in [9.17, 15) is 13.2 Å². The van der Waals surface area contributed by atoms with Crippen molar-refractivity contribution in [1.82, 2.24) is 4.31 Å². The van der Waals surface area contributed by atoms with Crippen LogP contribution < -0.4 is 11.5 Å². The number of nitrogen functional groups attached to an aromatic ring is 1. The summed E-state index contributed by atoms with van der Waals surface area (Å²) in [6, 6.07) is 4.59. The predicted molar refractivity (Wildman–Crippen MR) is 83.8 cm³/mol. The van der Waals surface area contributed by atoms with Crippen molar-refractivity contribution in [1.29, 1.82) is 0 Å². The maximum atomic E-state index is 12.6. The monoisotopic (exact) mass is 375 g/mol. The van der Waals surface area contributed by atoms with E-state index < -0.39 is 10.0 Å². The van der Waals surface area contributed by atoms with Crippen LogP contribution in [0.4, 0.5) is 5.69 Å². The number of benzene rings is 1. The molecule has 0 unspecified atom stereocenters. The molecule has 0 spiro atoms. The SMILES string of the molecule is NC(=O)CC1CCN(S(=O)(=O)c2ccc(N)c(Br)c2)CC1. The Balaban J connectivity index is 2.11. The van der Waals surface area contributed by atoms with Crippen molar-refractivity contribution >= 4 is 37.5 Å². The Morgan fingerprint density at radius 3 is 2.48 bits per heavy atom. The molecule has 0 aliphatic carbocycles. The van der Waals surface area contributed by atoms with Crippen molar-refractivity contribution in [2.75, 3.05) is 18.8 Å². The molecule has 0 radical (unpaired) electrons. The normalized spacial score (nSPS) is 17.8. The first-order chi connectivity index (χ1) is 9.80. The zero-order chi connectivity index (χ0) is 15.6. The van der Waals surface area contributed by atoms with Crippen molar-refractivity contribution in [3.8, 4) is 0 Å². The summed E-state index contributed by atoms with van der Waals surface area (Å²) in [7, 11) is -3.52. The molecule has 1 fully saturated rings. The molecule has 2 rings (SSSR count). The number of hydrogen-bond donors (Lipinski definition) is 2. The van der Waals surface area contributed by atoms with Gasteiger partial charge in [-0.15, -0.1) is 0 Å². The third kappa shape index (κ3) is 3.75. The number of primary amides is 1. The quantitative estimate of drug-likeness (QED) is 0.773. The number of rotatable bonds is 4. The minimum atomic E-state index is -3.52. The van der Waals surface area contributed by atoms with E-state index in [1.54, 1.807) is 6.07 Å². The first-order valence-electron chi connectivity index (χ1n) is 6.64. The van der Waals surface area contributed by atoms with Crippen LogP contribution in [0.25, 0.3) is 0 Å².